The van der Waals surface area contributed by atoms with Crippen LogP contribution in [-0.4, -0.2) is 32.2 Å². The minimum atomic E-state index is -5.01. The van der Waals surface area contributed by atoms with Gasteiger partial charge in [0, 0.05) is 35.9 Å². The molecule has 0 bridgehead atoms. The van der Waals surface area contributed by atoms with E-state index in [-0.39, 0.29) is 35.2 Å². The largest absolute Gasteiger partial charge is 0.573 e. The van der Waals surface area contributed by atoms with Gasteiger partial charge in [-0.15, -0.1) is 38.7 Å². The first-order valence-electron chi connectivity index (χ1n) is 10.9. The molecule has 0 aliphatic carbocycles. The molecule has 40 heavy (non-hydrogen) atoms. The monoisotopic (exact) mass is 629 g/mol. The highest BCUT2D eigenvalue weighted by Crippen LogP contribution is 2.35. The van der Waals surface area contributed by atoms with Gasteiger partial charge in [0.25, 0.3) is 10.0 Å². The van der Waals surface area contributed by atoms with E-state index in [2.05, 4.69) is 20.1 Å². The summed E-state index contributed by atoms with van der Waals surface area (Å²) in [5, 5.41) is 6.26. The van der Waals surface area contributed by atoms with Gasteiger partial charge >= 0.3 is 12.7 Å². The topological polar surface area (TPSA) is 81.6 Å². The summed E-state index contributed by atoms with van der Waals surface area (Å²) >= 11 is 6.11. The number of hydrogen-bond donors (Lipinski definition) is 2. The van der Waals surface area contributed by atoms with Crippen LogP contribution in [0.25, 0.3) is 10.9 Å². The van der Waals surface area contributed by atoms with Crippen LogP contribution in [-0.2, 0) is 16.6 Å². The van der Waals surface area contributed by atoms with E-state index in [0.717, 1.165) is 40.4 Å². The maximum Gasteiger partial charge on any atom is 0.573 e. The Morgan fingerprint density at radius 3 is 2.15 bits per heavy atom. The third-order valence-electron chi connectivity index (χ3n) is 5.27. The number of nitrogens with zero attached hydrogens (tertiary/aromatic N) is 1. The van der Waals surface area contributed by atoms with Gasteiger partial charge in [-0.05, 0) is 49.0 Å². The van der Waals surface area contributed by atoms with Crippen LogP contribution in [0.4, 0.5) is 37.7 Å². The first kappa shape index (κ1) is 31.2. The molecule has 0 radical (unpaired) electrons. The maximum absolute atomic E-state index is 13.5. The Hall–Kier alpha value is -3.33. The number of anilines is 2. The van der Waals surface area contributed by atoms with Crippen molar-refractivity contribution in [1.82, 2.24) is 9.29 Å². The average molecular weight is 630 g/mol. The number of benzene rings is 3. The fourth-order valence-corrected chi connectivity index (χ4v) is 5.41. The van der Waals surface area contributed by atoms with Gasteiger partial charge in [-0.2, -0.15) is 0 Å². The molecule has 0 saturated heterocycles. The summed E-state index contributed by atoms with van der Waals surface area (Å²) < 4.78 is 111. The lowest BCUT2D eigenvalue weighted by Crippen LogP contribution is -2.18. The van der Waals surface area contributed by atoms with E-state index in [0.29, 0.717) is 16.6 Å². The molecule has 0 atom stereocenters. The molecule has 0 fully saturated rings. The van der Waals surface area contributed by atoms with Gasteiger partial charge in [0.15, 0.2) is 0 Å². The highest BCUT2D eigenvalue weighted by molar-refractivity contribution is 7.90. The van der Waals surface area contributed by atoms with Crippen LogP contribution in [0.5, 0.6) is 11.5 Å². The van der Waals surface area contributed by atoms with Crippen molar-refractivity contribution in [3.8, 4) is 11.5 Å². The standard InChI is InChI=1S/C24H18ClF6N3O4S.ClH/c1-32-12-14-13-34(39(35,36)18-4-2-3-16(10-18)37-23(26,27)28)22-9-15(5-7-19(14)22)33-21-8-6-17(11-20(21)25)38-24(29,30)31;/h2-11,13,32-33H,12H2,1H3;1H. The lowest BCUT2D eigenvalue weighted by Gasteiger charge is -2.13. The second-order valence-corrected chi connectivity index (χ2v) is 10.3. The third-order valence-corrected chi connectivity index (χ3v) is 7.25. The zero-order valence-electron chi connectivity index (χ0n) is 20.1. The van der Waals surface area contributed by atoms with E-state index in [1.165, 1.54) is 18.3 Å². The molecule has 0 aliphatic heterocycles. The van der Waals surface area contributed by atoms with Gasteiger partial charge in [0.2, 0.25) is 0 Å². The maximum atomic E-state index is 13.5. The number of hydrogen-bond acceptors (Lipinski definition) is 6. The van der Waals surface area contributed by atoms with E-state index in [9.17, 15) is 34.8 Å². The van der Waals surface area contributed by atoms with Crippen LogP contribution in [0.3, 0.4) is 0 Å². The van der Waals surface area contributed by atoms with E-state index < -0.39 is 39.1 Å². The molecule has 0 saturated carbocycles. The molecule has 4 aromatic rings. The number of ether oxygens (including phenoxy) is 2. The van der Waals surface area contributed by atoms with Crippen LogP contribution in [0.15, 0.2) is 71.8 Å². The Morgan fingerprint density at radius 2 is 1.55 bits per heavy atom. The Balaban J connectivity index is 0.00000441. The van der Waals surface area contributed by atoms with Gasteiger partial charge in [-0.25, -0.2) is 12.4 Å². The van der Waals surface area contributed by atoms with Crippen LogP contribution < -0.4 is 20.1 Å². The van der Waals surface area contributed by atoms with Gasteiger partial charge in [0.05, 0.1) is 21.1 Å². The fraction of sp³-hybridized carbons (Fsp3) is 0.167. The number of rotatable bonds is 8. The van der Waals surface area contributed by atoms with Crippen LogP contribution >= 0.6 is 24.0 Å². The Bertz CT molecular complexity index is 1630. The van der Waals surface area contributed by atoms with E-state index in [1.807, 2.05) is 0 Å². The molecule has 0 spiro atoms. The highest BCUT2D eigenvalue weighted by atomic mass is 35.5. The van der Waals surface area contributed by atoms with E-state index >= 15 is 0 Å². The van der Waals surface area contributed by atoms with Crippen molar-refractivity contribution in [2.75, 3.05) is 12.4 Å². The molecule has 3 aromatic carbocycles. The zero-order valence-corrected chi connectivity index (χ0v) is 22.5. The molecular weight excluding hydrogens is 611 g/mol. The predicted octanol–water partition coefficient (Wildman–Crippen LogP) is 7.21. The molecule has 0 aliphatic rings. The number of nitrogens with one attached hydrogen (secondary N) is 2. The Morgan fingerprint density at radius 1 is 0.900 bits per heavy atom. The van der Waals surface area contributed by atoms with Gasteiger partial charge in [0.1, 0.15) is 11.5 Å². The van der Waals surface area contributed by atoms with Crippen LogP contribution in [0, 0.1) is 0 Å². The first-order chi connectivity index (χ1) is 18.2. The van der Waals surface area contributed by atoms with Gasteiger partial charge in [-0.3, -0.25) is 0 Å². The molecule has 0 unspecified atom stereocenters. The molecule has 7 nitrogen and oxygen atoms in total. The summed E-state index contributed by atoms with van der Waals surface area (Å²) in [7, 11) is -2.74. The number of aromatic nitrogens is 1. The number of alkyl halides is 6. The van der Waals surface area contributed by atoms with Crippen molar-refractivity contribution in [1.29, 1.82) is 0 Å². The first-order valence-corrected chi connectivity index (χ1v) is 12.7. The smallest absolute Gasteiger partial charge is 0.406 e. The lowest BCUT2D eigenvalue weighted by atomic mass is 10.1. The molecule has 1 heterocycles. The summed E-state index contributed by atoms with van der Waals surface area (Å²) in [6, 6.07) is 11.9. The summed E-state index contributed by atoms with van der Waals surface area (Å²) in [6.45, 7) is 0.273. The van der Waals surface area contributed by atoms with E-state index in [4.69, 9.17) is 11.6 Å². The van der Waals surface area contributed by atoms with Crippen LogP contribution in [0.2, 0.25) is 5.02 Å². The van der Waals surface area contributed by atoms with Crippen molar-refractivity contribution in [2.45, 2.75) is 24.2 Å². The van der Waals surface area contributed by atoms with Gasteiger partial charge in [-0.1, -0.05) is 23.7 Å². The SMILES string of the molecule is CNCc1cn(S(=O)(=O)c2cccc(OC(F)(F)F)c2)c2cc(Nc3ccc(OC(F)(F)F)cc3Cl)ccc12.Cl. The quantitative estimate of drug-likeness (QED) is 0.200. The second-order valence-electron chi connectivity index (χ2n) is 8.05. The molecule has 1 aromatic heterocycles. The average Bonchev–Trinajstić information content (AvgIpc) is 3.18. The normalized spacial score (nSPS) is 12.2. The van der Waals surface area contributed by atoms with Crippen molar-refractivity contribution < 1.29 is 44.2 Å². The van der Waals surface area contributed by atoms with E-state index in [1.54, 1.807) is 19.2 Å². The zero-order chi connectivity index (χ0) is 28.6. The van der Waals surface area contributed by atoms with Crippen LogP contribution in [0.1, 0.15) is 5.56 Å². The van der Waals surface area contributed by atoms with Crippen molar-refractivity contribution in [3.05, 3.63) is 77.4 Å². The highest BCUT2D eigenvalue weighted by Gasteiger charge is 2.32. The Labute approximate surface area is 235 Å². The molecule has 2 N–H and O–H groups in total. The van der Waals surface area contributed by atoms with Crippen molar-refractivity contribution in [2.24, 2.45) is 0 Å². The third kappa shape index (κ3) is 7.24. The molecule has 16 heteroatoms. The summed E-state index contributed by atoms with van der Waals surface area (Å²) in [6.07, 6.45) is -8.57. The second kappa shape index (κ2) is 11.6. The molecule has 216 valence electrons. The lowest BCUT2D eigenvalue weighted by molar-refractivity contribution is -0.275. The number of fused-ring (bicyclic) bond motifs is 1. The van der Waals surface area contributed by atoms with Gasteiger partial charge < -0.3 is 20.1 Å². The minimum Gasteiger partial charge on any atom is -0.406 e. The minimum absolute atomic E-state index is 0. The Kier molecular flexibility index (Phi) is 9.09. The van der Waals surface area contributed by atoms with Crippen molar-refractivity contribution in [3.63, 3.8) is 0 Å². The predicted molar refractivity (Wildman–Crippen MR) is 139 cm³/mol. The fourth-order valence-electron chi connectivity index (χ4n) is 3.77. The van der Waals surface area contributed by atoms with Crippen molar-refractivity contribution >= 4 is 56.3 Å². The summed E-state index contributed by atoms with van der Waals surface area (Å²) in [5.41, 5.74) is 1.30. The number of halogens is 8. The molecule has 4 rings (SSSR count). The summed E-state index contributed by atoms with van der Waals surface area (Å²) in [5.74, 6) is -1.23. The summed E-state index contributed by atoms with van der Waals surface area (Å²) in [4.78, 5) is -0.446. The molecular formula is C24H19Cl2F6N3O4S. The molecule has 0 amide bonds.